The van der Waals surface area contributed by atoms with Gasteiger partial charge in [-0.2, -0.15) is 13.2 Å². The highest BCUT2D eigenvalue weighted by molar-refractivity contribution is 6.30. The van der Waals surface area contributed by atoms with Crippen molar-refractivity contribution in [2.24, 2.45) is 0 Å². The number of amides is 1. The summed E-state index contributed by atoms with van der Waals surface area (Å²) in [6.45, 7) is 4.11. The summed E-state index contributed by atoms with van der Waals surface area (Å²) in [4.78, 5) is 38.5. The fourth-order valence-electron chi connectivity index (χ4n) is 5.84. The Morgan fingerprint density at radius 2 is 1.64 bits per heavy atom. The number of nitrogens with zero attached hydrogens (tertiary/aromatic N) is 4. The number of aryl methyl sites for hydroxylation is 2. The number of hydrogen-bond donors (Lipinski definition) is 1. The number of carboxylic acids is 1. The van der Waals surface area contributed by atoms with E-state index >= 15 is 0 Å². The SMILES string of the molecule is CC(C)c1ccc(CCc2nc(N3CCCC3c3ccc(Cl)cc3)ncc2C(=O)N(CC(=O)O)Cc2ccc(C(F)(F)F)cc2)cc1. The van der Waals surface area contributed by atoms with Crippen LogP contribution in [0.1, 0.15) is 82.5 Å². The average molecular weight is 665 g/mol. The van der Waals surface area contributed by atoms with Crippen LogP contribution in [0, 0.1) is 0 Å². The predicted octanol–water partition coefficient (Wildman–Crippen LogP) is 8.13. The van der Waals surface area contributed by atoms with Crippen LogP contribution < -0.4 is 4.90 Å². The fraction of sp³-hybridized carbons (Fsp3) is 0.333. The van der Waals surface area contributed by atoms with Gasteiger partial charge in [0, 0.05) is 24.3 Å². The van der Waals surface area contributed by atoms with Gasteiger partial charge >= 0.3 is 12.1 Å². The molecule has 0 radical (unpaired) electrons. The fourth-order valence-corrected chi connectivity index (χ4v) is 5.96. The summed E-state index contributed by atoms with van der Waals surface area (Å²) in [6.07, 6.45) is -0.288. The molecule has 11 heteroatoms. The van der Waals surface area contributed by atoms with Crippen molar-refractivity contribution >= 4 is 29.4 Å². The van der Waals surface area contributed by atoms with E-state index in [1.165, 1.54) is 23.9 Å². The van der Waals surface area contributed by atoms with Gasteiger partial charge in [0.05, 0.1) is 22.9 Å². The number of carbonyl (C=O) groups excluding carboxylic acids is 1. The topological polar surface area (TPSA) is 86.6 Å². The number of hydrogen-bond acceptors (Lipinski definition) is 5. The summed E-state index contributed by atoms with van der Waals surface area (Å²) in [5, 5.41) is 10.3. The molecule has 3 aromatic carbocycles. The molecule has 246 valence electrons. The van der Waals surface area contributed by atoms with Crippen LogP contribution in [0.2, 0.25) is 5.02 Å². The zero-order chi connectivity index (χ0) is 33.7. The summed E-state index contributed by atoms with van der Waals surface area (Å²) < 4.78 is 39.3. The molecule has 1 amide bonds. The second-order valence-corrected chi connectivity index (χ2v) is 12.5. The molecule has 2 heterocycles. The number of carbonyl (C=O) groups is 2. The Balaban J connectivity index is 1.47. The number of alkyl halides is 3. The highest BCUT2D eigenvalue weighted by Gasteiger charge is 2.32. The van der Waals surface area contributed by atoms with Crippen LogP contribution in [0.5, 0.6) is 0 Å². The van der Waals surface area contributed by atoms with Crippen LogP contribution in [-0.4, -0.2) is 44.9 Å². The van der Waals surface area contributed by atoms with E-state index in [1.54, 1.807) is 0 Å². The van der Waals surface area contributed by atoms with Crippen LogP contribution in [0.3, 0.4) is 0 Å². The van der Waals surface area contributed by atoms with Crippen molar-refractivity contribution in [1.29, 1.82) is 0 Å². The maximum absolute atomic E-state index is 14.0. The number of anilines is 1. The van der Waals surface area contributed by atoms with E-state index in [0.29, 0.717) is 41.0 Å². The first-order valence-corrected chi connectivity index (χ1v) is 15.9. The van der Waals surface area contributed by atoms with Crippen molar-refractivity contribution in [3.05, 3.63) is 123 Å². The second kappa shape index (κ2) is 14.5. The number of aromatic nitrogens is 2. The molecule has 1 atom stereocenters. The van der Waals surface area contributed by atoms with E-state index in [0.717, 1.165) is 47.5 Å². The van der Waals surface area contributed by atoms with Crippen LogP contribution >= 0.6 is 11.6 Å². The standard InChI is InChI=1S/C36H36ClF3N4O3/c1-23(2)26-10-5-24(6-11-26)9-18-31-30(20-41-35(42-31)44-19-3-4-32(44)27-12-16-29(37)17-13-27)34(47)43(22-33(45)46)21-25-7-14-28(15-8-25)36(38,39)40/h5-8,10-17,20,23,32H,3-4,9,18-19,21-22H2,1-2H3,(H,45,46). The summed E-state index contributed by atoms with van der Waals surface area (Å²) in [5.74, 6) is -1.01. The third-order valence-electron chi connectivity index (χ3n) is 8.41. The lowest BCUT2D eigenvalue weighted by Gasteiger charge is -2.27. The van der Waals surface area contributed by atoms with Gasteiger partial charge in [-0.3, -0.25) is 9.59 Å². The Kier molecular flexibility index (Phi) is 10.5. The lowest BCUT2D eigenvalue weighted by atomic mass is 9.99. The van der Waals surface area contributed by atoms with Crippen molar-refractivity contribution in [2.45, 2.75) is 64.2 Å². The molecule has 0 saturated carbocycles. The van der Waals surface area contributed by atoms with Gasteiger partial charge in [0.15, 0.2) is 0 Å². The van der Waals surface area contributed by atoms with Gasteiger partial charge in [-0.25, -0.2) is 9.97 Å². The van der Waals surface area contributed by atoms with E-state index in [9.17, 15) is 27.9 Å². The molecule has 1 N–H and O–H groups in total. The van der Waals surface area contributed by atoms with Crippen molar-refractivity contribution in [2.75, 3.05) is 18.0 Å². The van der Waals surface area contributed by atoms with E-state index in [4.69, 9.17) is 16.6 Å². The first-order valence-electron chi connectivity index (χ1n) is 15.5. The molecule has 1 aliphatic rings. The van der Waals surface area contributed by atoms with Crippen molar-refractivity contribution in [1.82, 2.24) is 14.9 Å². The second-order valence-electron chi connectivity index (χ2n) is 12.1. The maximum Gasteiger partial charge on any atom is 0.416 e. The molecule has 4 aromatic rings. The van der Waals surface area contributed by atoms with E-state index in [-0.39, 0.29) is 18.2 Å². The maximum atomic E-state index is 14.0. The molecule has 1 aliphatic heterocycles. The molecule has 5 rings (SSSR count). The van der Waals surface area contributed by atoms with E-state index < -0.39 is 30.2 Å². The minimum atomic E-state index is -4.51. The van der Waals surface area contributed by atoms with Gasteiger partial charge in [0.2, 0.25) is 5.95 Å². The Hall–Kier alpha value is -4.44. The molecule has 1 aromatic heterocycles. The lowest BCUT2D eigenvalue weighted by molar-refractivity contribution is -0.138. The monoisotopic (exact) mass is 664 g/mol. The Labute approximate surface area is 277 Å². The normalized spacial score (nSPS) is 14.9. The Morgan fingerprint density at radius 1 is 0.979 bits per heavy atom. The molecule has 1 saturated heterocycles. The van der Waals surface area contributed by atoms with Crippen LogP contribution in [0.25, 0.3) is 0 Å². The summed E-state index contributed by atoms with van der Waals surface area (Å²) >= 11 is 6.13. The number of benzene rings is 3. The average Bonchev–Trinajstić information content (AvgIpc) is 3.53. The number of halogens is 4. The molecular formula is C36H36ClF3N4O3. The molecule has 0 spiro atoms. The third kappa shape index (κ3) is 8.48. The quantitative estimate of drug-likeness (QED) is 0.174. The van der Waals surface area contributed by atoms with Gasteiger partial charge in [-0.15, -0.1) is 0 Å². The molecule has 1 fully saturated rings. The highest BCUT2D eigenvalue weighted by Crippen LogP contribution is 2.35. The Bertz CT molecular complexity index is 1700. The summed E-state index contributed by atoms with van der Waals surface area (Å²) in [5.41, 5.74) is 3.50. The van der Waals surface area contributed by atoms with Crippen LogP contribution in [-0.2, 0) is 30.4 Å². The summed E-state index contributed by atoms with van der Waals surface area (Å²) in [7, 11) is 0. The van der Waals surface area contributed by atoms with E-state index in [2.05, 4.69) is 48.0 Å². The van der Waals surface area contributed by atoms with Gasteiger partial charge in [0.1, 0.15) is 6.54 Å². The highest BCUT2D eigenvalue weighted by atomic mass is 35.5. The minimum absolute atomic E-state index is 0.0217. The zero-order valence-corrected chi connectivity index (χ0v) is 26.9. The van der Waals surface area contributed by atoms with Crippen LogP contribution in [0.15, 0.2) is 79.0 Å². The summed E-state index contributed by atoms with van der Waals surface area (Å²) in [6, 6.07) is 20.3. The van der Waals surface area contributed by atoms with Crippen molar-refractivity contribution in [3.8, 4) is 0 Å². The van der Waals surface area contributed by atoms with Crippen LogP contribution in [0.4, 0.5) is 19.1 Å². The largest absolute Gasteiger partial charge is 0.480 e. The van der Waals surface area contributed by atoms with Crippen molar-refractivity contribution < 1.29 is 27.9 Å². The van der Waals surface area contributed by atoms with Gasteiger partial charge in [-0.05, 0) is 78.1 Å². The van der Waals surface area contributed by atoms with Crippen molar-refractivity contribution in [3.63, 3.8) is 0 Å². The van der Waals surface area contributed by atoms with Gasteiger partial charge in [0.25, 0.3) is 5.91 Å². The van der Waals surface area contributed by atoms with Gasteiger partial charge in [-0.1, -0.05) is 74.0 Å². The smallest absolute Gasteiger partial charge is 0.416 e. The van der Waals surface area contributed by atoms with E-state index in [1.807, 2.05) is 24.3 Å². The zero-order valence-electron chi connectivity index (χ0n) is 26.2. The number of rotatable bonds is 11. The predicted molar refractivity (Wildman–Crippen MR) is 175 cm³/mol. The number of carboxylic acid groups (broad SMARTS) is 1. The molecule has 47 heavy (non-hydrogen) atoms. The Morgan fingerprint density at radius 3 is 2.26 bits per heavy atom. The molecule has 1 unspecified atom stereocenters. The minimum Gasteiger partial charge on any atom is -0.480 e. The third-order valence-corrected chi connectivity index (χ3v) is 8.67. The molecule has 0 aliphatic carbocycles. The first-order chi connectivity index (χ1) is 22.4. The lowest BCUT2D eigenvalue weighted by Crippen LogP contribution is -2.36. The molecular weight excluding hydrogens is 629 g/mol. The first kappa shape index (κ1) is 33.9. The molecule has 0 bridgehead atoms. The van der Waals surface area contributed by atoms with Gasteiger partial charge < -0.3 is 14.9 Å². The molecule has 7 nitrogen and oxygen atoms in total. The number of aliphatic carboxylic acids is 1.